The van der Waals surface area contributed by atoms with Gasteiger partial charge < -0.3 is 19.8 Å². The fourth-order valence-electron chi connectivity index (χ4n) is 3.30. The highest BCUT2D eigenvalue weighted by molar-refractivity contribution is 7.89. The zero-order valence-electron chi connectivity index (χ0n) is 19.9. The van der Waals surface area contributed by atoms with Crippen molar-refractivity contribution >= 4 is 27.5 Å². The van der Waals surface area contributed by atoms with Crippen molar-refractivity contribution < 1.29 is 27.2 Å². The van der Waals surface area contributed by atoms with Crippen molar-refractivity contribution in [2.75, 3.05) is 25.0 Å². The van der Waals surface area contributed by atoms with Gasteiger partial charge in [-0.3, -0.25) is 9.59 Å². The van der Waals surface area contributed by atoms with E-state index in [0.29, 0.717) is 24.6 Å². The Hall–Kier alpha value is -3.63. The molecule has 2 N–H and O–H groups in total. The second-order valence-electron chi connectivity index (χ2n) is 7.69. The lowest BCUT2D eigenvalue weighted by atomic mass is 10.2. The molecule has 0 saturated carbocycles. The van der Waals surface area contributed by atoms with Crippen LogP contribution in [0.3, 0.4) is 0 Å². The van der Waals surface area contributed by atoms with Gasteiger partial charge in [-0.25, -0.2) is 8.42 Å². The van der Waals surface area contributed by atoms with E-state index in [1.807, 2.05) is 19.1 Å². The first-order valence-corrected chi connectivity index (χ1v) is 12.7. The highest BCUT2D eigenvalue weighted by atomic mass is 32.2. The van der Waals surface area contributed by atoms with Gasteiger partial charge in [-0.2, -0.15) is 4.31 Å². The van der Waals surface area contributed by atoms with Crippen LogP contribution in [-0.2, 0) is 14.8 Å². The number of furan rings is 1. The van der Waals surface area contributed by atoms with Crippen molar-refractivity contribution in [1.82, 2.24) is 9.62 Å². The zero-order chi connectivity index (χ0) is 25.4. The first kappa shape index (κ1) is 26.0. The van der Waals surface area contributed by atoms with E-state index in [9.17, 15) is 18.0 Å². The van der Waals surface area contributed by atoms with E-state index < -0.39 is 21.8 Å². The molecular formula is C25H29N3O6S. The molecule has 0 aliphatic carbocycles. The minimum atomic E-state index is -3.75. The minimum absolute atomic E-state index is 0.0383. The number of nitrogens with one attached hydrogen (secondary N) is 2. The number of carbonyl (C=O) groups is 2. The predicted octanol–water partition coefficient (Wildman–Crippen LogP) is 4.17. The molecule has 186 valence electrons. The third kappa shape index (κ3) is 6.71. The van der Waals surface area contributed by atoms with Crippen molar-refractivity contribution in [2.24, 2.45) is 0 Å². The van der Waals surface area contributed by atoms with Gasteiger partial charge in [0, 0.05) is 26.1 Å². The molecule has 0 aliphatic rings. The van der Waals surface area contributed by atoms with Gasteiger partial charge in [0.25, 0.3) is 5.91 Å². The molecule has 9 nitrogen and oxygen atoms in total. The number of sulfonamides is 1. The lowest BCUT2D eigenvalue weighted by molar-refractivity contribution is -0.116. The number of anilines is 1. The Labute approximate surface area is 205 Å². The molecule has 3 rings (SSSR count). The summed E-state index contributed by atoms with van der Waals surface area (Å²) in [7, 11) is -3.75. The molecule has 3 aromatic rings. The number of carbonyl (C=O) groups excluding carboxylic acids is 2. The van der Waals surface area contributed by atoms with E-state index >= 15 is 0 Å². The normalized spacial score (nSPS) is 11.3. The molecule has 35 heavy (non-hydrogen) atoms. The summed E-state index contributed by atoms with van der Waals surface area (Å²) in [6, 6.07) is 14.8. The van der Waals surface area contributed by atoms with Crippen molar-refractivity contribution in [3.63, 3.8) is 0 Å². The molecule has 0 radical (unpaired) electrons. The van der Waals surface area contributed by atoms with Crippen LogP contribution in [0.15, 0.2) is 70.2 Å². The Kier molecular flexibility index (Phi) is 8.67. The monoisotopic (exact) mass is 499 g/mol. The average Bonchev–Trinajstić information content (AvgIpc) is 3.37. The largest absolute Gasteiger partial charge is 0.459 e. The molecule has 0 unspecified atom stereocenters. The van der Waals surface area contributed by atoms with Crippen LogP contribution >= 0.6 is 0 Å². The summed E-state index contributed by atoms with van der Waals surface area (Å²) in [6.45, 7) is 6.17. The number of hydrogen-bond donors (Lipinski definition) is 2. The molecule has 10 heteroatoms. The Balaban J connectivity index is 1.80. The molecule has 0 fully saturated rings. The number of ether oxygens (including phenoxy) is 1. The summed E-state index contributed by atoms with van der Waals surface area (Å²) in [5, 5.41) is 5.32. The number of nitrogens with zero attached hydrogens (tertiary/aromatic N) is 1. The minimum Gasteiger partial charge on any atom is -0.459 e. The lowest BCUT2D eigenvalue weighted by Crippen LogP contribution is -2.30. The van der Waals surface area contributed by atoms with Gasteiger partial charge >= 0.3 is 0 Å². The molecule has 0 atom stereocenters. The van der Waals surface area contributed by atoms with Crippen LogP contribution in [-0.4, -0.2) is 44.2 Å². The number of hydrogen-bond acceptors (Lipinski definition) is 6. The van der Waals surface area contributed by atoms with E-state index in [0.717, 1.165) is 5.56 Å². The summed E-state index contributed by atoms with van der Waals surface area (Å²) < 4.78 is 38.3. The van der Waals surface area contributed by atoms with E-state index in [4.69, 9.17) is 9.15 Å². The van der Waals surface area contributed by atoms with Crippen LogP contribution < -0.4 is 15.4 Å². The molecule has 0 bridgehead atoms. The van der Waals surface area contributed by atoms with Gasteiger partial charge in [-0.15, -0.1) is 0 Å². The topological polar surface area (TPSA) is 118 Å². The first-order valence-electron chi connectivity index (χ1n) is 11.2. The SMILES string of the molecule is CCN(CC)S(=O)(=O)c1ccc(Oc2ccc(C)cc2)c(NC(=O)CCNC(=O)c2ccco2)c1. The maximum atomic E-state index is 13.0. The number of amides is 2. The maximum Gasteiger partial charge on any atom is 0.286 e. The number of benzene rings is 2. The van der Waals surface area contributed by atoms with Crippen LogP contribution in [0.5, 0.6) is 11.5 Å². The van der Waals surface area contributed by atoms with Crippen molar-refractivity contribution in [3.8, 4) is 11.5 Å². The molecular weight excluding hydrogens is 470 g/mol. The van der Waals surface area contributed by atoms with Gasteiger partial charge in [0.15, 0.2) is 11.5 Å². The maximum absolute atomic E-state index is 13.0. The van der Waals surface area contributed by atoms with Gasteiger partial charge in [-0.05, 0) is 49.4 Å². The average molecular weight is 500 g/mol. The predicted molar refractivity (Wildman–Crippen MR) is 132 cm³/mol. The second-order valence-corrected chi connectivity index (χ2v) is 9.63. The van der Waals surface area contributed by atoms with Crippen molar-refractivity contribution in [3.05, 3.63) is 72.2 Å². The lowest BCUT2D eigenvalue weighted by Gasteiger charge is -2.20. The van der Waals surface area contributed by atoms with Gasteiger partial charge in [-0.1, -0.05) is 31.5 Å². The third-order valence-electron chi connectivity index (χ3n) is 5.20. The Morgan fingerprint density at radius 1 is 1.03 bits per heavy atom. The first-order chi connectivity index (χ1) is 16.7. The summed E-state index contributed by atoms with van der Waals surface area (Å²) >= 11 is 0. The Morgan fingerprint density at radius 3 is 2.37 bits per heavy atom. The Morgan fingerprint density at radius 2 is 1.74 bits per heavy atom. The van der Waals surface area contributed by atoms with E-state index in [2.05, 4.69) is 10.6 Å². The van der Waals surface area contributed by atoms with Crippen molar-refractivity contribution in [2.45, 2.75) is 32.1 Å². The number of rotatable bonds is 11. The fourth-order valence-corrected chi connectivity index (χ4v) is 4.78. The molecule has 0 saturated heterocycles. The zero-order valence-corrected chi connectivity index (χ0v) is 20.7. The van der Waals surface area contributed by atoms with Crippen LogP contribution in [0.1, 0.15) is 36.4 Å². The molecule has 2 amide bonds. The quantitative estimate of drug-likeness (QED) is 0.409. The van der Waals surface area contributed by atoms with Crippen LogP contribution in [0.25, 0.3) is 0 Å². The summed E-state index contributed by atoms with van der Waals surface area (Å²) in [6.07, 6.45) is 1.35. The van der Waals surface area contributed by atoms with Gasteiger partial charge in [0.2, 0.25) is 15.9 Å². The highest BCUT2D eigenvalue weighted by Crippen LogP contribution is 2.33. The van der Waals surface area contributed by atoms with Crippen LogP contribution in [0.4, 0.5) is 5.69 Å². The number of aryl methyl sites for hydroxylation is 1. The molecule has 1 heterocycles. The summed E-state index contributed by atoms with van der Waals surface area (Å²) in [4.78, 5) is 24.7. The van der Waals surface area contributed by atoms with E-state index in [1.165, 1.54) is 34.8 Å². The van der Waals surface area contributed by atoms with Gasteiger partial charge in [0.05, 0.1) is 16.8 Å². The summed E-state index contributed by atoms with van der Waals surface area (Å²) in [5.41, 5.74) is 1.27. The van der Waals surface area contributed by atoms with Gasteiger partial charge in [0.1, 0.15) is 5.75 Å². The molecule has 2 aromatic carbocycles. The second kappa shape index (κ2) is 11.7. The molecule has 1 aromatic heterocycles. The van der Waals surface area contributed by atoms with Crippen LogP contribution in [0.2, 0.25) is 0 Å². The van der Waals surface area contributed by atoms with Crippen LogP contribution in [0, 0.1) is 6.92 Å². The third-order valence-corrected chi connectivity index (χ3v) is 7.25. The standard InChI is InChI=1S/C25H29N3O6S/c1-4-28(5-2)35(31,32)20-12-13-22(34-19-10-8-18(3)9-11-19)21(17-20)27-24(29)14-15-26-25(30)23-7-6-16-33-23/h6-13,16-17H,4-5,14-15H2,1-3H3,(H,26,30)(H,27,29). The fraction of sp³-hybridized carbons (Fsp3) is 0.280. The molecule has 0 aliphatic heterocycles. The highest BCUT2D eigenvalue weighted by Gasteiger charge is 2.23. The molecule has 0 spiro atoms. The van der Waals surface area contributed by atoms with E-state index in [-0.39, 0.29) is 29.3 Å². The Bertz CT molecular complexity index is 1250. The summed E-state index contributed by atoms with van der Waals surface area (Å²) in [5.74, 6) is 0.124. The smallest absolute Gasteiger partial charge is 0.286 e. The van der Waals surface area contributed by atoms with Crippen molar-refractivity contribution in [1.29, 1.82) is 0 Å². The van der Waals surface area contributed by atoms with E-state index in [1.54, 1.807) is 32.0 Å².